The molecule has 0 radical (unpaired) electrons. The average molecular weight is 341 g/mol. The Morgan fingerprint density at radius 3 is 2.70 bits per heavy atom. The van der Waals surface area contributed by atoms with Crippen LogP contribution in [0.1, 0.15) is 20.8 Å². The van der Waals surface area contributed by atoms with Gasteiger partial charge in [0.1, 0.15) is 0 Å². The predicted octanol–water partition coefficient (Wildman–Crippen LogP) is 3.17. The lowest BCUT2D eigenvalue weighted by atomic mass is 10.1. The van der Waals surface area contributed by atoms with E-state index < -0.39 is 0 Å². The highest BCUT2D eigenvalue weighted by molar-refractivity contribution is 9.10. The summed E-state index contributed by atoms with van der Waals surface area (Å²) in [5.41, 5.74) is 1.42. The normalized spacial score (nSPS) is 17.7. The molecule has 2 rings (SSSR count). The zero-order valence-corrected chi connectivity index (χ0v) is 13.3. The minimum atomic E-state index is -0.387. The summed E-state index contributed by atoms with van der Waals surface area (Å²) in [6, 6.07) is 5.43. The van der Waals surface area contributed by atoms with E-state index in [9.17, 15) is 9.59 Å². The fourth-order valence-corrected chi connectivity index (χ4v) is 2.80. The maximum atomic E-state index is 12.1. The van der Waals surface area contributed by atoms with Gasteiger partial charge < -0.3 is 9.64 Å². The van der Waals surface area contributed by atoms with Gasteiger partial charge in [-0.3, -0.25) is 9.69 Å². The number of carbonyl (C=O) groups excluding carboxylic acids is 2. The second kappa shape index (κ2) is 5.83. The molecule has 1 aromatic rings. The minimum absolute atomic E-state index is 0.0374. The molecule has 0 aromatic heterocycles. The number of hydrogen-bond donors (Lipinski definition) is 0. The second-order valence-electron chi connectivity index (χ2n) is 4.68. The van der Waals surface area contributed by atoms with Crippen LogP contribution in [-0.2, 0) is 9.53 Å². The number of halogens is 1. The van der Waals surface area contributed by atoms with E-state index in [1.807, 2.05) is 25.1 Å². The lowest BCUT2D eigenvalue weighted by molar-refractivity contribution is -0.117. The van der Waals surface area contributed by atoms with E-state index >= 15 is 0 Å². The van der Waals surface area contributed by atoms with E-state index in [2.05, 4.69) is 15.9 Å². The molecule has 1 aromatic carbocycles. The van der Waals surface area contributed by atoms with Crippen LogP contribution in [0, 0.1) is 0 Å². The number of carbonyl (C=O) groups is 2. The molecular weight excluding hydrogens is 324 g/mol. The first-order chi connectivity index (χ1) is 9.45. The number of anilines is 2. The number of benzene rings is 1. The summed E-state index contributed by atoms with van der Waals surface area (Å²) >= 11 is 3.40. The van der Waals surface area contributed by atoms with Crippen molar-refractivity contribution >= 4 is 39.3 Å². The molecule has 1 aliphatic heterocycles. The van der Waals surface area contributed by atoms with Crippen LogP contribution in [0.25, 0.3) is 0 Å². The van der Waals surface area contributed by atoms with Gasteiger partial charge in [0.05, 0.1) is 24.0 Å². The molecule has 0 spiro atoms. The number of ether oxygens (including phenoxy) is 1. The summed E-state index contributed by atoms with van der Waals surface area (Å²) < 4.78 is 5.94. The Hall–Kier alpha value is -1.56. The van der Waals surface area contributed by atoms with Crippen LogP contribution in [0.3, 0.4) is 0 Å². The maximum absolute atomic E-state index is 12.1. The highest BCUT2D eigenvalue weighted by atomic mass is 79.9. The highest BCUT2D eigenvalue weighted by Gasteiger charge is 2.34. The molecule has 0 unspecified atom stereocenters. The lowest BCUT2D eigenvalue weighted by Gasteiger charge is -2.40. The molecule has 6 heteroatoms. The molecular formula is C14H17BrN2O3. The van der Waals surface area contributed by atoms with Crippen molar-refractivity contribution in [2.24, 2.45) is 0 Å². The Morgan fingerprint density at radius 2 is 2.10 bits per heavy atom. The summed E-state index contributed by atoms with van der Waals surface area (Å²) in [7, 11) is 0. The predicted molar refractivity (Wildman–Crippen MR) is 81.1 cm³/mol. The van der Waals surface area contributed by atoms with Gasteiger partial charge in [-0.15, -0.1) is 0 Å². The standard InChI is InChI=1S/C14H17BrN2O3/c1-4-20-14(19)16-8-9(2)17(10(3)18)12-6-5-11(15)7-13(12)16/h5-7,9H,4,8H2,1-3H3/t9-/m0/s1. The molecule has 0 saturated carbocycles. The fourth-order valence-electron chi connectivity index (χ4n) is 2.45. The molecule has 1 atom stereocenters. The Morgan fingerprint density at radius 1 is 1.40 bits per heavy atom. The Balaban J connectivity index is 2.50. The van der Waals surface area contributed by atoms with E-state index in [0.717, 1.165) is 10.2 Å². The number of hydrogen-bond acceptors (Lipinski definition) is 3. The summed E-state index contributed by atoms with van der Waals surface area (Å²) in [5.74, 6) is -0.0374. The van der Waals surface area contributed by atoms with Crippen LogP contribution in [0.15, 0.2) is 22.7 Å². The Labute approximate surface area is 126 Å². The van der Waals surface area contributed by atoms with Crippen molar-refractivity contribution in [3.05, 3.63) is 22.7 Å². The van der Waals surface area contributed by atoms with Crippen LogP contribution < -0.4 is 9.80 Å². The molecule has 0 bridgehead atoms. The summed E-state index contributed by atoms with van der Waals surface area (Å²) in [6.45, 7) is 5.96. The summed E-state index contributed by atoms with van der Waals surface area (Å²) in [4.78, 5) is 27.2. The largest absolute Gasteiger partial charge is 0.449 e. The first-order valence-corrected chi connectivity index (χ1v) is 7.28. The van der Waals surface area contributed by atoms with Gasteiger partial charge in [-0.05, 0) is 32.0 Å². The summed E-state index contributed by atoms with van der Waals surface area (Å²) in [5, 5.41) is 0. The maximum Gasteiger partial charge on any atom is 0.414 e. The molecule has 0 N–H and O–H groups in total. The zero-order valence-electron chi connectivity index (χ0n) is 11.7. The van der Waals surface area contributed by atoms with E-state index in [1.54, 1.807) is 16.7 Å². The minimum Gasteiger partial charge on any atom is -0.449 e. The van der Waals surface area contributed by atoms with Crippen LogP contribution in [0.5, 0.6) is 0 Å². The summed E-state index contributed by atoms with van der Waals surface area (Å²) in [6.07, 6.45) is -0.387. The van der Waals surface area contributed by atoms with Gasteiger partial charge in [0.25, 0.3) is 0 Å². The lowest BCUT2D eigenvalue weighted by Crippen LogP contribution is -2.51. The number of amides is 2. The van der Waals surface area contributed by atoms with E-state index in [-0.39, 0.29) is 18.0 Å². The van der Waals surface area contributed by atoms with Crippen LogP contribution in [0.4, 0.5) is 16.2 Å². The van der Waals surface area contributed by atoms with Crippen molar-refractivity contribution in [2.75, 3.05) is 23.0 Å². The quantitative estimate of drug-likeness (QED) is 0.788. The monoisotopic (exact) mass is 340 g/mol. The van der Waals surface area contributed by atoms with Crippen molar-refractivity contribution in [1.29, 1.82) is 0 Å². The van der Waals surface area contributed by atoms with E-state index in [1.165, 1.54) is 6.92 Å². The zero-order chi connectivity index (χ0) is 14.9. The third-order valence-corrected chi connectivity index (χ3v) is 3.70. The molecule has 0 aliphatic carbocycles. The van der Waals surface area contributed by atoms with Crippen LogP contribution in [0.2, 0.25) is 0 Å². The number of nitrogens with zero attached hydrogens (tertiary/aromatic N) is 2. The number of fused-ring (bicyclic) bond motifs is 1. The first-order valence-electron chi connectivity index (χ1n) is 6.49. The second-order valence-corrected chi connectivity index (χ2v) is 5.60. The SMILES string of the molecule is CCOC(=O)N1C[C@H](C)N(C(C)=O)c2ccc(Br)cc21. The Kier molecular flexibility index (Phi) is 4.32. The Bertz CT molecular complexity index is 547. The van der Waals surface area contributed by atoms with Gasteiger partial charge in [-0.1, -0.05) is 15.9 Å². The molecule has 1 heterocycles. The van der Waals surface area contributed by atoms with Crippen molar-refractivity contribution in [2.45, 2.75) is 26.8 Å². The van der Waals surface area contributed by atoms with Gasteiger partial charge in [-0.2, -0.15) is 0 Å². The third-order valence-electron chi connectivity index (χ3n) is 3.20. The molecule has 5 nitrogen and oxygen atoms in total. The average Bonchev–Trinajstić information content (AvgIpc) is 2.37. The molecule has 0 saturated heterocycles. The molecule has 0 fully saturated rings. The van der Waals surface area contributed by atoms with Gasteiger partial charge >= 0.3 is 6.09 Å². The fraction of sp³-hybridized carbons (Fsp3) is 0.429. The van der Waals surface area contributed by atoms with Crippen molar-refractivity contribution in [1.82, 2.24) is 0 Å². The molecule has 108 valence electrons. The van der Waals surface area contributed by atoms with Crippen LogP contribution >= 0.6 is 15.9 Å². The van der Waals surface area contributed by atoms with Gasteiger partial charge in [0.2, 0.25) is 5.91 Å². The van der Waals surface area contributed by atoms with Gasteiger partial charge in [-0.25, -0.2) is 4.79 Å². The number of rotatable bonds is 1. The topological polar surface area (TPSA) is 49.9 Å². The molecule has 1 aliphatic rings. The van der Waals surface area contributed by atoms with Crippen molar-refractivity contribution in [3.63, 3.8) is 0 Å². The van der Waals surface area contributed by atoms with Gasteiger partial charge in [0, 0.05) is 17.9 Å². The third kappa shape index (κ3) is 2.65. The smallest absolute Gasteiger partial charge is 0.414 e. The van der Waals surface area contributed by atoms with Crippen molar-refractivity contribution < 1.29 is 14.3 Å². The first kappa shape index (κ1) is 14.8. The van der Waals surface area contributed by atoms with E-state index in [4.69, 9.17) is 4.74 Å². The molecule has 20 heavy (non-hydrogen) atoms. The highest BCUT2D eigenvalue weighted by Crippen LogP contribution is 2.37. The molecule has 2 amide bonds. The van der Waals surface area contributed by atoms with Crippen molar-refractivity contribution in [3.8, 4) is 0 Å². The van der Waals surface area contributed by atoms with Gasteiger partial charge in [0.15, 0.2) is 0 Å². The van der Waals surface area contributed by atoms with E-state index in [0.29, 0.717) is 18.8 Å². The van der Waals surface area contributed by atoms with Crippen LogP contribution in [-0.4, -0.2) is 31.2 Å².